The highest BCUT2D eigenvalue weighted by Crippen LogP contribution is 2.13. The van der Waals surface area contributed by atoms with E-state index in [0.29, 0.717) is 12.1 Å². The Kier molecular flexibility index (Phi) is 4.23. The minimum atomic E-state index is -0.614. The van der Waals surface area contributed by atoms with Crippen molar-refractivity contribution in [1.82, 2.24) is 5.32 Å². The van der Waals surface area contributed by atoms with Crippen LogP contribution in [-0.4, -0.2) is 11.4 Å². The minimum Gasteiger partial charge on any atom is -0.366 e. The van der Waals surface area contributed by atoms with Gasteiger partial charge in [-0.1, -0.05) is 13.0 Å². The number of benzene rings is 1. The summed E-state index contributed by atoms with van der Waals surface area (Å²) in [6, 6.07) is 4.31. The lowest BCUT2D eigenvalue weighted by molar-refractivity contribution is 0.1000. The molecule has 0 bridgehead atoms. The number of halogens is 1. The second-order valence-electron chi connectivity index (χ2n) is 4.76. The zero-order chi connectivity index (χ0) is 13.1. The van der Waals surface area contributed by atoms with Gasteiger partial charge in [-0.2, -0.15) is 0 Å². The van der Waals surface area contributed by atoms with Gasteiger partial charge in [0.15, 0.2) is 0 Å². The summed E-state index contributed by atoms with van der Waals surface area (Å²) in [4.78, 5) is 10.9. The van der Waals surface area contributed by atoms with Crippen molar-refractivity contribution in [3.05, 3.63) is 35.1 Å². The van der Waals surface area contributed by atoms with Crippen molar-refractivity contribution < 1.29 is 9.18 Å². The number of amides is 1. The summed E-state index contributed by atoms with van der Waals surface area (Å²) in [6.07, 6.45) is 0.952. The maximum absolute atomic E-state index is 13.6. The van der Waals surface area contributed by atoms with Crippen LogP contribution >= 0.6 is 0 Å². The Morgan fingerprint density at radius 1 is 1.47 bits per heavy atom. The van der Waals surface area contributed by atoms with Crippen LogP contribution in [0, 0.1) is 5.82 Å². The van der Waals surface area contributed by atoms with Crippen molar-refractivity contribution in [3.8, 4) is 0 Å². The average molecular weight is 238 g/mol. The number of primary amides is 1. The Morgan fingerprint density at radius 3 is 2.59 bits per heavy atom. The zero-order valence-electron chi connectivity index (χ0n) is 10.5. The van der Waals surface area contributed by atoms with Gasteiger partial charge in [0.2, 0.25) is 5.91 Å². The van der Waals surface area contributed by atoms with E-state index >= 15 is 0 Å². The molecule has 4 heteroatoms. The molecule has 0 aliphatic rings. The fourth-order valence-corrected chi connectivity index (χ4v) is 1.30. The largest absolute Gasteiger partial charge is 0.366 e. The molecule has 0 radical (unpaired) electrons. The summed E-state index contributed by atoms with van der Waals surface area (Å²) in [7, 11) is 0. The number of hydrogen-bond acceptors (Lipinski definition) is 2. The monoisotopic (exact) mass is 238 g/mol. The molecule has 0 atom stereocenters. The fraction of sp³-hybridized carbons (Fsp3) is 0.462. The van der Waals surface area contributed by atoms with Crippen molar-refractivity contribution >= 4 is 5.91 Å². The van der Waals surface area contributed by atoms with E-state index in [1.807, 2.05) is 0 Å². The second-order valence-corrected chi connectivity index (χ2v) is 4.76. The van der Waals surface area contributed by atoms with Gasteiger partial charge in [0.05, 0.1) is 0 Å². The van der Waals surface area contributed by atoms with E-state index in [4.69, 9.17) is 5.73 Å². The first-order valence-corrected chi connectivity index (χ1v) is 5.69. The Balaban J connectivity index is 2.77. The minimum absolute atomic E-state index is 0.0329. The molecule has 0 saturated carbocycles. The van der Waals surface area contributed by atoms with E-state index in [1.54, 1.807) is 12.1 Å². The van der Waals surface area contributed by atoms with Crippen LogP contribution in [0.3, 0.4) is 0 Å². The van der Waals surface area contributed by atoms with Crippen LogP contribution in [0.5, 0.6) is 0 Å². The third-order valence-corrected chi connectivity index (χ3v) is 2.98. The molecule has 0 aliphatic heterocycles. The highest BCUT2D eigenvalue weighted by molar-refractivity contribution is 5.92. The third-order valence-electron chi connectivity index (χ3n) is 2.98. The summed E-state index contributed by atoms with van der Waals surface area (Å²) >= 11 is 0. The second kappa shape index (κ2) is 5.27. The number of hydrogen-bond donors (Lipinski definition) is 2. The number of rotatable bonds is 5. The Labute approximate surface area is 101 Å². The Hall–Kier alpha value is -1.42. The van der Waals surface area contributed by atoms with Gasteiger partial charge in [0, 0.05) is 23.2 Å². The van der Waals surface area contributed by atoms with Gasteiger partial charge >= 0.3 is 0 Å². The molecule has 3 N–H and O–H groups in total. The molecule has 0 spiro atoms. The summed E-state index contributed by atoms with van der Waals surface area (Å²) < 4.78 is 13.6. The molecule has 17 heavy (non-hydrogen) atoms. The lowest BCUT2D eigenvalue weighted by Crippen LogP contribution is -2.38. The normalized spacial score (nSPS) is 11.5. The van der Waals surface area contributed by atoms with Crippen molar-refractivity contribution in [2.45, 2.75) is 39.3 Å². The van der Waals surface area contributed by atoms with Crippen molar-refractivity contribution in [2.24, 2.45) is 5.73 Å². The van der Waals surface area contributed by atoms with Crippen molar-refractivity contribution in [3.63, 3.8) is 0 Å². The van der Waals surface area contributed by atoms with E-state index in [9.17, 15) is 9.18 Å². The first-order chi connectivity index (χ1) is 7.85. The maximum atomic E-state index is 13.6. The summed E-state index contributed by atoms with van der Waals surface area (Å²) in [5.74, 6) is -1.02. The first-order valence-electron chi connectivity index (χ1n) is 5.69. The van der Waals surface area contributed by atoms with E-state index in [2.05, 4.69) is 26.1 Å². The number of carbonyl (C=O) groups is 1. The highest BCUT2D eigenvalue weighted by Gasteiger charge is 2.15. The average Bonchev–Trinajstić information content (AvgIpc) is 2.27. The van der Waals surface area contributed by atoms with Crippen molar-refractivity contribution in [1.29, 1.82) is 0 Å². The van der Waals surface area contributed by atoms with Gasteiger partial charge in [-0.3, -0.25) is 4.79 Å². The number of nitrogens with two attached hydrogens (primary N) is 1. The smallest absolute Gasteiger partial charge is 0.248 e. The molecule has 0 unspecified atom stereocenters. The molecule has 1 amide bonds. The zero-order valence-corrected chi connectivity index (χ0v) is 10.5. The molecule has 0 aliphatic carbocycles. The Bertz CT molecular complexity index is 416. The number of nitrogens with one attached hydrogen (secondary N) is 1. The van der Waals surface area contributed by atoms with Crippen LogP contribution in [0.25, 0.3) is 0 Å². The van der Waals surface area contributed by atoms with Gasteiger partial charge in [-0.05, 0) is 32.4 Å². The molecule has 0 aromatic heterocycles. The van der Waals surface area contributed by atoms with Crippen LogP contribution in [0.1, 0.15) is 43.1 Å². The fourth-order valence-electron chi connectivity index (χ4n) is 1.30. The summed E-state index contributed by atoms with van der Waals surface area (Å²) in [5.41, 5.74) is 5.78. The van der Waals surface area contributed by atoms with E-state index in [0.717, 1.165) is 6.42 Å². The van der Waals surface area contributed by atoms with E-state index in [-0.39, 0.29) is 11.1 Å². The molecule has 94 valence electrons. The van der Waals surface area contributed by atoms with E-state index in [1.165, 1.54) is 6.07 Å². The Morgan fingerprint density at radius 2 is 2.12 bits per heavy atom. The molecule has 1 aromatic rings. The SMILES string of the molecule is CCC(C)(C)NCc1ccc(C(N)=O)cc1F. The highest BCUT2D eigenvalue weighted by atomic mass is 19.1. The lowest BCUT2D eigenvalue weighted by Gasteiger charge is -2.24. The molecule has 0 fully saturated rings. The van der Waals surface area contributed by atoms with Gasteiger partial charge in [-0.25, -0.2) is 4.39 Å². The summed E-state index contributed by atoms with van der Waals surface area (Å²) in [5, 5.41) is 3.26. The quantitative estimate of drug-likeness (QED) is 0.826. The molecule has 3 nitrogen and oxygen atoms in total. The topological polar surface area (TPSA) is 55.1 Å². The predicted molar refractivity (Wildman–Crippen MR) is 66.1 cm³/mol. The standard InChI is InChI=1S/C13H19FN2O/c1-4-13(2,3)16-8-10-6-5-9(12(15)17)7-11(10)14/h5-7,16H,4,8H2,1-3H3,(H2,15,17). The van der Waals surface area contributed by atoms with E-state index < -0.39 is 11.7 Å². The molecule has 1 rings (SSSR count). The summed E-state index contributed by atoms with van der Waals surface area (Å²) in [6.45, 7) is 6.62. The molecular weight excluding hydrogens is 219 g/mol. The van der Waals surface area contributed by atoms with Crippen LogP contribution in [-0.2, 0) is 6.54 Å². The molecule has 0 saturated heterocycles. The van der Waals surface area contributed by atoms with Gasteiger partial charge in [0.25, 0.3) is 0 Å². The van der Waals surface area contributed by atoms with Crippen molar-refractivity contribution in [2.75, 3.05) is 0 Å². The van der Waals surface area contributed by atoms with Gasteiger partial charge in [0.1, 0.15) is 5.82 Å². The maximum Gasteiger partial charge on any atom is 0.248 e. The first kappa shape index (κ1) is 13.6. The van der Waals surface area contributed by atoms with Crippen LogP contribution in [0.4, 0.5) is 4.39 Å². The van der Waals surface area contributed by atoms with Gasteiger partial charge < -0.3 is 11.1 Å². The molecular formula is C13H19FN2O. The lowest BCUT2D eigenvalue weighted by atomic mass is 10.0. The van der Waals surface area contributed by atoms with Crippen LogP contribution in [0.2, 0.25) is 0 Å². The number of carbonyl (C=O) groups excluding carboxylic acids is 1. The van der Waals surface area contributed by atoms with Gasteiger partial charge in [-0.15, -0.1) is 0 Å². The van der Waals surface area contributed by atoms with Crippen LogP contribution in [0.15, 0.2) is 18.2 Å². The predicted octanol–water partition coefficient (Wildman–Crippen LogP) is 2.20. The van der Waals surface area contributed by atoms with Crippen LogP contribution < -0.4 is 11.1 Å². The molecule has 1 aromatic carbocycles. The third kappa shape index (κ3) is 3.82. The molecule has 0 heterocycles.